The van der Waals surface area contributed by atoms with Gasteiger partial charge in [-0.3, -0.25) is 0 Å². The van der Waals surface area contributed by atoms with Gasteiger partial charge in [-0.25, -0.2) is 0 Å². The van der Waals surface area contributed by atoms with Gasteiger partial charge in [0.15, 0.2) is 0 Å². The molecule has 0 radical (unpaired) electrons. The molecule has 0 atom stereocenters. The first-order valence-corrected chi connectivity index (χ1v) is 7.74. The second kappa shape index (κ2) is 6.46. The molecule has 0 aliphatic rings. The minimum atomic E-state index is -0.716. The molecule has 4 heteroatoms. The van der Waals surface area contributed by atoms with Crippen molar-refractivity contribution >= 4 is 21.6 Å². The Hall–Kier alpha value is -0.580. The van der Waals surface area contributed by atoms with Gasteiger partial charge in [0.1, 0.15) is 0 Å². The number of halogens is 1. The Morgan fingerprint density at radius 3 is 2.30 bits per heavy atom. The van der Waals surface area contributed by atoms with E-state index in [4.69, 9.17) is 0 Å². The van der Waals surface area contributed by atoms with E-state index in [9.17, 15) is 5.11 Å². The molecule has 3 nitrogen and oxygen atoms in total. The molecule has 0 fully saturated rings. The molecule has 114 valence electrons. The first kappa shape index (κ1) is 17.5. The van der Waals surface area contributed by atoms with Gasteiger partial charge in [-0.2, -0.15) is 0 Å². The number of nitrogens with one attached hydrogen (secondary N) is 1. The number of anilines is 1. The molecule has 0 aromatic heterocycles. The van der Waals surface area contributed by atoms with E-state index < -0.39 is 5.60 Å². The van der Waals surface area contributed by atoms with Crippen molar-refractivity contribution in [1.82, 2.24) is 5.32 Å². The number of benzene rings is 1. The lowest BCUT2D eigenvalue weighted by atomic mass is 10.1. The van der Waals surface area contributed by atoms with Gasteiger partial charge in [-0.1, -0.05) is 22.0 Å². The Bertz CT molecular complexity index is 447. The molecular formula is C16H27BrN2O. The SMILES string of the molecule is CN(CC(C)(C)O)c1cc(Br)ccc1CNC(C)(C)C. The van der Waals surface area contributed by atoms with E-state index in [0.29, 0.717) is 6.54 Å². The minimum Gasteiger partial charge on any atom is -0.389 e. The maximum atomic E-state index is 10.00. The van der Waals surface area contributed by atoms with Crippen molar-refractivity contribution in [2.24, 2.45) is 0 Å². The van der Waals surface area contributed by atoms with Crippen molar-refractivity contribution in [3.63, 3.8) is 0 Å². The highest BCUT2D eigenvalue weighted by Crippen LogP contribution is 2.26. The van der Waals surface area contributed by atoms with Gasteiger partial charge in [0.25, 0.3) is 0 Å². The number of nitrogens with zero attached hydrogens (tertiary/aromatic N) is 1. The molecule has 0 aliphatic carbocycles. The predicted molar refractivity (Wildman–Crippen MR) is 90.3 cm³/mol. The zero-order chi connectivity index (χ0) is 15.6. The third kappa shape index (κ3) is 6.25. The number of rotatable bonds is 5. The van der Waals surface area contributed by atoms with Gasteiger partial charge in [0, 0.05) is 35.8 Å². The largest absolute Gasteiger partial charge is 0.389 e. The fourth-order valence-corrected chi connectivity index (χ4v) is 2.42. The average Bonchev–Trinajstić information content (AvgIpc) is 2.23. The van der Waals surface area contributed by atoms with Crippen LogP contribution in [0.25, 0.3) is 0 Å². The molecule has 0 unspecified atom stereocenters. The van der Waals surface area contributed by atoms with Crippen LogP contribution in [-0.2, 0) is 6.54 Å². The summed E-state index contributed by atoms with van der Waals surface area (Å²) in [6.07, 6.45) is 0. The Morgan fingerprint density at radius 2 is 1.80 bits per heavy atom. The first-order chi connectivity index (χ1) is 8.98. The number of hydrogen-bond donors (Lipinski definition) is 2. The molecule has 0 bridgehead atoms. The Morgan fingerprint density at radius 1 is 1.20 bits per heavy atom. The van der Waals surface area contributed by atoms with Crippen LogP contribution in [0.15, 0.2) is 22.7 Å². The summed E-state index contributed by atoms with van der Waals surface area (Å²) < 4.78 is 1.05. The maximum absolute atomic E-state index is 10.00. The molecule has 0 aliphatic heterocycles. The summed E-state index contributed by atoms with van der Waals surface area (Å²) in [4.78, 5) is 2.10. The van der Waals surface area contributed by atoms with Crippen molar-refractivity contribution in [2.75, 3.05) is 18.5 Å². The van der Waals surface area contributed by atoms with Crippen LogP contribution in [0.2, 0.25) is 0 Å². The molecule has 1 rings (SSSR count). The molecule has 0 spiro atoms. The Kier molecular flexibility index (Phi) is 5.64. The van der Waals surface area contributed by atoms with E-state index in [-0.39, 0.29) is 5.54 Å². The third-order valence-electron chi connectivity index (χ3n) is 2.89. The molecule has 0 saturated heterocycles. The molecule has 1 aromatic rings. The van der Waals surface area contributed by atoms with Gasteiger partial charge >= 0.3 is 0 Å². The van der Waals surface area contributed by atoms with Crippen LogP contribution < -0.4 is 10.2 Å². The molecular weight excluding hydrogens is 316 g/mol. The van der Waals surface area contributed by atoms with E-state index in [0.717, 1.165) is 16.7 Å². The predicted octanol–water partition coefficient (Wildman–Crippen LogP) is 3.54. The zero-order valence-electron chi connectivity index (χ0n) is 13.4. The van der Waals surface area contributed by atoms with Gasteiger partial charge in [0.05, 0.1) is 5.60 Å². The van der Waals surface area contributed by atoms with Gasteiger partial charge in [-0.05, 0) is 52.3 Å². The molecule has 0 heterocycles. The van der Waals surface area contributed by atoms with E-state index in [1.54, 1.807) is 0 Å². The summed E-state index contributed by atoms with van der Waals surface area (Å²) in [5.41, 5.74) is 1.73. The van der Waals surface area contributed by atoms with Crippen LogP contribution in [0.5, 0.6) is 0 Å². The van der Waals surface area contributed by atoms with Crippen molar-refractivity contribution in [3.05, 3.63) is 28.2 Å². The van der Waals surface area contributed by atoms with Gasteiger partial charge < -0.3 is 15.3 Å². The van der Waals surface area contributed by atoms with Crippen LogP contribution in [0.4, 0.5) is 5.69 Å². The smallest absolute Gasteiger partial charge is 0.0765 e. The highest BCUT2D eigenvalue weighted by molar-refractivity contribution is 9.10. The van der Waals surface area contributed by atoms with Crippen LogP contribution in [0.3, 0.4) is 0 Å². The molecule has 0 amide bonds. The summed E-state index contributed by atoms with van der Waals surface area (Å²) in [5.74, 6) is 0. The lowest BCUT2D eigenvalue weighted by molar-refractivity contribution is 0.0886. The number of hydrogen-bond acceptors (Lipinski definition) is 3. The standard InChI is InChI=1S/C16H27BrN2O/c1-15(2,3)18-10-12-7-8-13(17)9-14(12)19(6)11-16(4,5)20/h7-9,18,20H,10-11H2,1-6H3. The summed E-state index contributed by atoms with van der Waals surface area (Å²) >= 11 is 3.53. The summed E-state index contributed by atoms with van der Waals surface area (Å²) in [5, 5.41) is 13.5. The summed E-state index contributed by atoms with van der Waals surface area (Å²) in [6, 6.07) is 6.28. The second-order valence-electron chi connectivity index (χ2n) is 7.05. The normalized spacial score (nSPS) is 12.6. The lowest BCUT2D eigenvalue weighted by Crippen LogP contribution is -2.38. The van der Waals surface area contributed by atoms with Crippen LogP contribution >= 0.6 is 15.9 Å². The quantitative estimate of drug-likeness (QED) is 0.858. The maximum Gasteiger partial charge on any atom is 0.0765 e. The van der Waals surface area contributed by atoms with Crippen molar-refractivity contribution < 1.29 is 5.11 Å². The molecule has 0 saturated carbocycles. The van der Waals surface area contributed by atoms with E-state index in [1.165, 1.54) is 5.56 Å². The summed E-state index contributed by atoms with van der Waals surface area (Å²) in [7, 11) is 2.01. The number of likely N-dealkylation sites (N-methyl/N-ethyl adjacent to an activating group) is 1. The van der Waals surface area contributed by atoms with E-state index in [2.05, 4.69) is 65.1 Å². The van der Waals surface area contributed by atoms with Crippen molar-refractivity contribution in [3.8, 4) is 0 Å². The summed E-state index contributed by atoms with van der Waals surface area (Å²) in [6.45, 7) is 11.5. The number of aliphatic hydroxyl groups is 1. The molecule has 2 N–H and O–H groups in total. The third-order valence-corrected chi connectivity index (χ3v) is 3.39. The van der Waals surface area contributed by atoms with Gasteiger partial charge in [-0.15, -0.1) is 0 Å². The topological polar surface area (TPSA) is 35.5 Å². The second-order valence-corrected chi connectivity index (χ2v) is 7.96. The van der Waals surface area contributed by atoms with E-state index in [1.807, 2.05) is 20.9 Å². The molecule has 20 heavy (non-hydrogen) atoms. The van der Waals surface area contributed by atoms with Crippen LogP contribution in [-0.4, -0.2) is 29.8 Å². The van der Waals surface area contributed by atoms with Crippen molar-refractivity contribution in [1.29, 1.82) is 0 Å². The zero-order valence-corrected chi connectivity index (χ0v) is 15.0. The Labute approximate surface area is 131 Å². The monoisotopic (exact) mass is 342 g/mol. The highest BCUT2D eigenvalue weighted by atomic mass is 79.9. The highest BCUT2D eigenvalue weighted by Gasteiger charge is 2.18. The van der Waals surface area contributed by atoms with Crippen LogP contribution in [0, 0.1) is 0 Å². The first-order valence-electron chi connectivity index (χ1n) is 6.95. The Balaban J connectivity index is 2.95. The fraction of sp³-hybridized carbons (Fsp3) is 0.625. The molecule has 1 aromatic carbocycles. The fourth-order valence-electron chi connectivity index (χ4n) is 2.07. The minimum absolute atomic E-state index is 0.0825. The average molecular weight is 343 g/mol. The lowest BCUT2D eigenvalue weighted by Gasteiger charge is -2.30. The van der Waals surface area contributed by atoms with Crippen molar-refractivity contribution in [2.45, 2.75) is 52.3 Å². The van der Waals surface area contributed by atoms with E-state index >= 15 is 0 Å². The van der Waals surface area contributed by atoms with Gasteiger partial charge in [0.2, 0.25) is 0 Å². The van der Waals surface area contributed by atoms with Crippen LogP contribution in [0.1, 0.15) is 40.2 Å².